The Morgan fingerprint density at radius 1 is 0.955 bits per heavy atom. The van der Waals surface area contributed by atoms with Gasteiger partial charge in [0.05, 0.1) is 7.11 Å². The molecule has 1 fully saturated rings. The molecule has 4 heteroatoms. The lowest BCUT2D eigenvalue weighted by Crippen LogP contribution is -2.45. The fraction of sp³-hybridized carbons (Fsp3) is 0.333. The Hall–Kier alpha value is -1.71. The van der Waals surface area contributed by atoms with Gasteiger partial charge < -0.3 is 9.64 Å². The van der Waals surface area contributed by atoms with Crippen molar-refractivity contribution >= 4 is 17.3 Å². The van der Waals surface area contributed by atoms with E-state index in [1.165, 1.54) is 11.3 Å². The first kappa shape index (κ1) is 15.2. The van der Waals surface area contributed by atoms with Crippen LogP contribution in [0.3, 0.4) is 0 Å². The second kappa shape index (κ2) is 7.03. The van der Waals surface area contributed by atoms with E-state index in [4.69, 9.17) is 16.3 Å². The summed E-state index contributed by atoms with van der Waals surface area (Å²) in [6.07, 6.45) is 0. The molecule has 0 aliphatic carbocycles. The molecule has 1 aliphatic heterocycles. The summed E-state index contributed by atoms with van der Waals surface area (Å²) < 4.78 is 5.21. The van der Waals surface area contributed by atoms with Crippen LogP contribution in [0.2, 0.25) is 5.02 Å². The molecule has 3 nitrogen and oxygen atoms in total. The highest BCUT2D eigenvalue weighted by Gasteiger charge is 2.18. The highest BCUT2D eigenvalue weighted by atomic mass is 35.5. The predicted octanol–water partition coefficient (Wildman–Crippen LogP) is 3.67. The number of hydrogen-bond donors (Lipinski definition) is 0. The van der Waals surface area contributed by atoms with Crippen molar-refractivity contribution in [1.82, 2.24) is 4.90 Å². The van der Waals surface area contributed by atoms with Gasteiger partial charge in [-0.3, -0.25) is 4.90 Å². The summed E-state index contributed by atoms with van der Waals surface area (Å²) in [5.41, 5.74) is 2.47. The van der Waals surface area contributed by atoms with Gasteiger partial charge in [0.25, 0.3) is 0 Å². The van der Waals surface area contributed by atoms with E-state index in [1.807, 2.05) is 24.3 Å². The largest absolute Gasteiger partial charge is 0.497 e. The predicted molar refractivity (Wildman–Crippen MR) is 91.9 cm³/mol. The van der Waals surface area contributed by atoms with Gasteiger partial charge in [0.15, 0.2) is 0 Å². The molecule has 1 heterocycles. The first-order valence-corrected chi connectivity index (χ1v) is 7.99. The molecule has 0 atom stereocenters. The standard InChI is InChI=1S/C18H21ClN2O/c1-22-17-8-6-16(7-9-17)21-12-10-20(11-13-21)14-15-4-2-3-5-18(15)19/h2-9H,10-14H2,1H3. The van der Waals surface area contributed by atoms with Crippen LogP contribution in [0.4, 0.5) is 5.69 Å². The van der Waals surface area contributed by atoms with E-state index in [1.54, 1.807) is 7.11 Å². The van der Waals surface area contributed by atoms with Crippen molar-refractivity contribution in [3.63, 3.8) is 0 Å². The van der Waals surface area contributed by atoms with E-state index < -0.39 is 0 Å². The first-order valence-electron chi connectivity index (χ1n) is 7.61. The zero-order chi connectivity index (χ0) is 15.4. The minimum atomic E-state index is 0.861. The Morgan fingerprint density at radius 2 is 1.64 bits per heavy atom. The van der Waals surface area contributed by atoms with Gasteiger partial charge >= 0.3 is 0 Å². The third-order valence-corrected chi connectivity index (χ3v) is 4.53. The molecule has 0 unspecified atom stereocenters. The van der Waals surface area contributed by atoms with E-state index in [-0.39, 0.29) is 0 Å². The Kier molecular flexibility index (Phi) is 4.86. The molecule has 0 N–H and O–H groups in total. The molecule has 0 aromatic heterocycles. The summed E-state index contributed by atoms with van der Waals surface area (Å²) >= 11 is 6.25. The number of rotatable bonds is 4. The minimum Gasteiger partial charge on any atom is -0.497 e. The first-order chi connectivity index (χ1) is 10.8. The molecule has 0 radical (unpaired) electrons. The Balaban J connectivity index is 1.57. The van der Waals surface area contributed by atoms with E-state index in [9.17, 15) is 0 Å². The van der Waals surface area contributed by atoms with Gasteiger partial charge in [-0.05, 0) is 35.9 Å². The number of nitrogens with zero attached hydrogens (tertiary/aromatic N) is 2. The van der Waals surface area contributed by atoms with Crippen LogP contribution in [0.5, 0.6) is 5.75 Å². The highest BCUT2D eigenvalue weighted by Crippen LogP contribution is 2.22. The van der Waals surface area contributed by atoms with E-state index in [0.29, 0.717) is 0 Å². The minimum absolute atomic E-state index is 0.861. The number of piperazine rings is 1. The molecule has 116 valence electrons. The van der Waals surface area contributed by atoms with Gasteiger partial charge in [0, 0.05) is 43.4 Å². The Morgan fingerprint density at radius 3 is 2.27 bits per heavy atom. The van der Waals surface area contributed by atoms with Crippen molar-refractivity contribution < 1.29 is 4.74 Å². The van der Waals surface area contributed by atoms with Gasteiger partial charge in [0.1, 0.15) is 5.75 Å². The van der Waals surface area contributed by atoms with Crippen molar-refractivity contribution in [1.29, 1.82) is 0 Å². The van der Waals surface area contributed by atoms with Crippen LogP contribution in [0.15, 0.2) is 48.5 Å². The van der Waals surface area contributed by atoms with E-state index in [2.05, 4.69) is 34.1 Å². The van der Waals surface area contributed by atoms with Crippen molar-refractivity contribution in [3.8, 4) is 5.75 Å². The summed E-state index contributed by atoms with van der Waals surface area (Å²) in [7, 11) is 1.70. The maximum absolute atomic E-state index is 6.25. The average Bonchev–Trinajstić information content (AvgIpc) is 2.58. The maximum Gasteiger partial charge on any atom is 0.119 e. The molecule has 0 amide bonds. The van der Waals surface area contributed by atoms with Crippen LogP contribution in [-0.4, -0.2) is 38.2 Å². The van der Waals surface area contributed by atoms with Crippen LogP contribution in [0.25, 0.3) is 0 Å². The number of methoxy groups -OCH3 is 1. The number of anilines is 1. The summed E-state index contributed by atoms with van der Waals surface area (Å²) in [5, 5.41) is 0.861. The zero-order valence-electron chi connectivity index (χ0n) is 12.8. The maximum atomic E-state index is 6.25. The van der Waals surface area contributed by atoms with Gasteiger partial charge in [-0.25, -0.2) is 0 Å². The quantitative estimate of drug-likeness (QED) is 0.856. The second-order valence-electron chi connectivity index (χ2n) is 5.55. The molecule has 0 saturated carbocycles. The lowest BCUT2D eigenvalue weighted by molar-refractivity contribution is 0.250. The van der Waals surface area contributed by atoms with Crippen molar-refractivity contribution in [2.45, 2.75) is 6.54 Å². The lowest BCUT2D eigenvalue weighted by atomic mass is 10.2. The molecule has 2 aromatic carbocycles. The van der Waals surface area contributed by atoms with Crippen molar-refractivity contribution in [2.24, 2.45) is 0 Å². The molecular weight excluding hydrogens is 296 g/mol. The molecular formula is C18H21ClN2O. The lowest BCUT2D eigenvalue weighted by Gasteiger charge is -2.36. The number of ether oxygens (including phenoxy) is 1. The molecule has 1 aliphatic rings. The third kappa shape index (κ3) is 3.54. The summed E-state index contributed by atoms with van der Waals surface area (Å²) in [6, 6.07) is 16.4. The smallest absolute Gasteiger partial charge is 0.119 e. The van der Waals surface area contributed by atoms with Crippen LogP contribution in [0.1, 0.15) is 5.56 Å². The molecule has 3 rings (SSSR count). The molecule has 1 saturated heterocycles. The highest BCUT2D eigenvalue weighted by molar-refractivity contribution is 6.31. The summed E-state index contributed by atoms with van der Waals surface area (Å²) in [5.74, 6) is 0.904. The summed E-state index contributed by atoms with van der Waals surface area (Å²) in [4.78, 5) is 4.88. The molecule has 2 aromatic rings. The Bertz CT molecular complexity index is 607. The van der Waals surface area contributed by atoms with Crippen LogP contribution in [-0.2, 0) is 6.54 Å². The van der Waals surface area contributed by atoms with Crippen molar-refractivity contribution in [2.75, 3.05) is 38.2 Å². The van der Waals surface area contributed by atoms with Crippen LogP contribution < -0.4 is 9.64 Å². The van der Waals surface area contributed by atoms with Gasteiger partial charge in [-0.2, -0.15) is 0 Å². The SMILES string of the molecule is COc1ccc(N2CCN(Cc3ccccc3Cl)CC2)cc1. The second-order valence-corrected chi connectivity index (χ2v) is 5.96. The third-order valence-electron chi connectivity index (χ3n) is 4.16. The number of hydrogen-bond acceptors (Lipinski definition) is 3. The number of halogens is 1. The average molecular weight is 317 g/mol. The van der Waals surface area contributed by atoms with Crippen LogP contribution >= 0.6 is 11.6 Å². The van der Waals surface area contributed by atoms with Crippen LogP contribution in [0, 0.1) is 0 Å². The summed E-state index contributed by atoms with van der Waals surface area (Å²) in [6.45, 7) is 5.11. The van der Waals surface area contributed by atoms with Gasteiger partial charge in [-0.15, -0.1) is 0 Å². The fourth-order valence-electron chi connectivity index (χ4n) is 2.82. The van der Waals surface area contributed by atoms with E-state index >= 15 is 0 Å². The van der Waals surface area contributed by atoms with Crippen molar-refractivity contribution in [3.05, 3.63) is 59.1 Å². The monoisotopic (exact) mass is 316 g/mol. The zero-order valence-corrected chi connectivity index (χ0v) is 13.6. The molecule has 22 heavy (non-hydrogen) atoms. The molecule has 0 spiro atoms. The normalized spacial score (nSPS) is 15.8. The van der Waals surface area contributed by atoms with Gasteiger partial charge in [-0.1, -0.05) is 29.8 Å². The fourth-order valence-corrected chi connectivity index (χ4v) is 3.02. The Labute approximate surface area is 137 Å². The molecule has 0 bridgehead atoms. The topological polar surface area (TPSA) is 15.7 Å². The van der Waals surface area contributed by atoms with E-state index in [0.717, 1.165) is 43.5 Å². The van der Waals surface area contributed by atoms with Gasteiger partial charge in [0.2, 0.25) is 0 Å². The number of benzene rings is 2.